The van der Waals surface area contributed by atoms with Gasteiger partial charge >= 0.3 is 0 Å². The number of hydrogen-bond acceptors (Lipinski definition) is 4. The lowest BCUT2D eigenvalue weighted by Gasteiger charge is -2.31. The highest BCUT2D eigenvalue weighted by atomic mass is 16.2. The predicted molar refractivity (Wildman–Crippen MR) is 103 cm³/mol. The summed E-state index contributed by atoms with van der Waals surface area (Å²) in [4.78, 5) is 45.4. The van der Waals surface area contributed by atoms with E-state index in [1.54, 1.807) is 18.9 Å². The van der Waals surface area contributed by atoms with E-state index >= 15 is 0 Å². The maximum atomic E-state index is 12.4. The highest BCUT2D eigenvalue weighted by Crippen LogP contribution is 2.34. The van der Waals surface area contributed by atoms with Crippen LogP contribution in [0.1, 0.15) is 41.9 Å². The van der Waals surface area contributed by atoms with Crippen LogP contribution in [0.5, 0.6) is 0 Å². The molecule has 2 aromatic rings. The van der Waals surface area contributed by atoms with Gasteiger partial charge in [0.1, 0.15) is 5.82 Å². The summed E-state index contributed by atoms with van der Waals surface area (Å²) in [5, 5.41) is 2.87. The Bertz CT molecular complexity index is 935. The molecule has 2 amide bonds. The number of amides is 2. The Morgan fingerprint density at radius 3 is 2.78 bits per heavy atom. The zero-order valence-corrected chi connectivity index (χ0v) is 15.8. The van der Waals surface area contributed by atoms with E-state index in [2.05, 4.69) is 15.3 Å². The summed E-state index contributed by atoms with van der Waals surface area (Å²) < 4.78 is 0. The molecule has 2 N–H and O–H groups in total. The quantitative estimate of drug-likeness (QED) is 0.835. The van der Waals surface area contributed by atoms with Gasteiger partial charge in [0.2, 0.25) is 11.8 Å². The minimum atomic E-state index is -0.269. The first-order valence-corrected chi connectivity index (χ1v) is 9.11. The van der Waals surface area contributed by atoms with Gasteiger partial charge in [0.15, 0.2) is 0 Å². The van der Waals surface area contributed by atoms with Crippen molar-refractivity contribution in [3.63, 3.8) is 0 Å². The van der Waals surface area contributed by atoms with Gasteiger partial charge in [-0.2, -0.15) is 0 Å². The number of anilines is 1. The summed E-state index contributed by atoms with van der Waals surface area (Å²) in [6.07, 6.45) is 0.951. The predicted octanol–water partition coefficient (Wildman–Crippen LogP) is 1.45. The second-order valence-electron chi connectivity index (χ2n) is 6.82. The van der Waals surface area contributed by atoms with E-state index in [1.807, 2.05) is 31.2 Å². The van der Waals surface area contributed by atoms with Crippen molar-refractivity contribution >= 4 is 17.5 Å². The Morgan fingerprint density at radius 1 is 1.33 bits per heavy atom. The van der Waals surface area contributed by atoms with E-state index < -0.39 is 0 Å². The van der Waals surface area contributed by atoms with E-state index in [-0.39, 0.29) is 29.7 Å². The number of nitrogens with one attached hydrogen (secondary N) is 2. The molecule has 1 aromatic carbocycles. The van der Waals surface area contributed by atoms with Crippen molar-refractivity contribution in [2.45, 2.75) is 39.0 Å². The van der Waals surface area contributed by atoms with Gasteiger partial charge in [-0.15, -0.1) is 0 Å². The molecular weight excluding hydrogens is 344 g/mol. The van der Waals surface area contributed by atoms with Crippen LogP contribution in [-0.4, -0.2) is 35.4 Å². The summed E-state index contributed by atoms with van der Waals surface area (Å²) in [5.41, 5.74) is 2.60. The highest BCUT2D eigenvalue weighted by molar-refractivity contribution is 5.96. The SMILES string of the molecule is CCc1nc(C)c(CC(=O)NCC2CC(=O)N(C)c3ccccc32)c(=O)[nH]1. The average Bonchev–Trinajstić information content (AvgIpc) is 2.66. The standard InChI is InChI=1S/C20H24N4O3/c1-4-17-22-12(2)15(20(27)23-17)10-18(25)21-11-13-9-19(26)24(3)16-8-6-5-7-14(13)16/h5-8,13H,4,9-11H2,1-3H3,(H,21,25)(H,22,23,27). The minimum absolute atomic E-state index is 0.0274. The van der Waals surface area contributed by atoms with Crippen molar-refractivity contribution in [1.82, 2.24) is 15.3 Å². The van der Waals surface area contributed by atoms with Crippen LogP contribution in [0, 0.1) is 6.92 Å². The topological polar surface area (TPSA) is 95.2 Å². The molecule has 0 fully saturated rings. The Balaban J connectivity index is 1.69. The number of aryl methyl sites for hydroxylation is 2. The highest BCUT2D eigenvalue weighted by Gasteiger charge is 2.29. The van der Waals surface area contributed by atoms with E-state index in [4.69, 9.17) is 0 Å². The third-order valence-electron chi connectivity index (χ3n) is 5.02. The molecule has 1 aliphatic rings. The van der Waals surface area contributed by atoms with Crippen LogP contribution in [0.2, 0.25) is 0 Å². The van der Waals surface area contributed by atoms with Gasteiger partial charge in [0.25, 0.3) is 5.56 Å². The number of benzene rings is 1. The van der Waals surface area contributed by atoms with E-state index in [0.717, 1.165) is 11.3 Å². The molecule has 0 saturated heterocycles. The molecule has 3 rings (SSSR count). The Kier molecular flexibility index (Phi) is 5.39. The van der Waals surface area contributed by atoms with Crippen LogP contribution < -0.4 is 15.8 Å². The van der Waals surface area contributed by atoms with Crippen LogP contribution in [0.3, 0.4) is 0 Å². The first-order valence-electron chi connectivity index (χ1n) is 9.11. The van der Waals surface area contributed by atoms with Crippen molar-refractivity contribution in [3.05, 3.63) is 57.3 Å². The molecule has 0 bridgehead atoms. The van der Waals surface area contributed by atoms with Crippen molar-refractivity contribution in [2.24, 2.45) is 0 Å². The first-order chi connectivity index (χ1) is 12.9. The number of para-hydroxylation sites is 1. The fraction of sp³-hybridized carbons (Fsp3) is 0.400. The molecule has 7 nitrogen and oxygen atoms in total. The summed E-state index contributed by atoms with van der Waals surface area (Å²) in [5.74, 6) is 0.315. The Hall–Kier alpha value is -2.96. The Morgan fingerprint density at radius 2 is 2.07 bits per heavy atom. The average molecular weight is 368 g/mol. The van der Waals surface area contributed by atoms with Gasteiger partial charge in [-0.05, 0) is 18.6 Å². The van der Waals surface area contributed by atoms with Crippen LogP contribution in [0.4, 0.5) is 5.69 Å². The molecular formula is C20H24N4O3. The molecule has 0 radical (unpaired) electrons. The first kappa shape index (κ1) is 18.8. The molecule has 7 heteroatoms. The van der Waals surface area contributed by atoms with Crippen LogP contribution >= 0.6 is 0 Å². The zero-order chi connectivity index (χ0) is 19.6. The fourth-order valence-electron chi connectivity index (χ4n) is 3.42. The molecule has 1 unspecified atom stereocenters. The lowest BCUT2D eigenvalue weighted by Crippen LogP contribution is -2.38. The fourth-order valence-corrected chi connectivity index (χ4v) is 3.42. The molecule has 0 spiro atoms. The zero-order valence-electron chi connectivity index (χ0n) is 15.8. The van der Waals surface area contributed by atoms with Crippen LogP contribution in [0.15, 0.2) is 29.1 Å². The van der Waals surface area contributed by atoms with Gasteiger partial charge in [-0.1, -0.05) is 25.1 Å². The number of aromatic amines is 1. The number of carbonyl (C=O) groups excluding carboxylic acids is 2. The van der Waals surface area contributed by atoms with Crippen molar-refractivity contribution in [3.8, 4) is 0 Å². The normalized spacial score (nSPS) is 16.2. The monoisotopic (exact) mass is 368 g/mol. The maximum Gasteiger partial charge on any atom is 0.254 e. The van der Waals surface area contributed by atoms with Crippen LogP contribution in [0.25, 0.3) is 0 Å². The van der Waals surface area contributed by atoms with E-state index in [0.29, 0.717) is 36.5 Å². The number of rotatable bonds is 5. The molecule has 0 aliphatic carbocycles. The number of carbonyl (C=O) groups is 2. The van der Waals surface area contributed by atoms with Gasteiger partial charge in [-0.25, -0.2) is 4.98 Å². The summed E-state index contributed by atoms with van der Waals surface area (Å²) in [6.45, 7) is 4.00. The molecule has 0 saturated carbocycles. The second-order valence-corrected chi connectivity index (χ2v) is 6.82. The number of aromatic nitrogens is 2. The van der Waals surface area contributed by atoms with E-state index in [9.17, 15) is 14.4 Å². The molecule has 142 valence electrons. The molecule has 1 aromatic heterocycles. The van der Waals surface area contributed by atoms with Gasteiger partial charge in [-0.3, -0.25) is 14.4 Å². The van der Waals surface area contributed by atoms with Gasteiger partial charge in [0, 0.05) is 49.3 Å². The minimum Gasteiger partial charge on any atom is -0.355 e. The van der Waals surface area contributed by atoms with Crippen molar-refractivity contribution in [2.75, 3.05) is 18.5 Å². The Labute approximate surface area is 157 Å². The van der Waals surface area contributed by atoms with Gasteiger partial charge in [0.05, 0.1) is 6.42 Å². The number of nitrogens with zero attached hydrogens (tertiary/aromatic N) is 2. The number of H-pyrrole nitrogens is 1. The third kappa shape index (κ3) is 3.92. The third-order valence-corrected chi connectivity index (χ3v) is 5.02. The molecule has 1 aliphatic heterocycles. The summed E-state index contributed by atoms with van der Waals surface area (Å²) in [7, 11) is 1.76. The largest absolute Gasteiger partial charge is 0.355 e. The lowest BCUT2D eigenvalue weighted by atomic mass is 9.89. The lowest BCUT2D eigenvalue weighted by molar-refractivity contribution is -0.122. The van der Waals surface area contributed by atoms with Gasteiger partial charge < -0.3 is 15.2 Å². The number of fused-ring (bicyclic) bond motifs is 1. The molecule has 1 atom stereocenters. The summed E-state index contributed by atoms with van der Waals surface area (Å²) >= 11 is 0. The second kappa shape index (κ2) is 7.73. The van der Waals surface area contributed by atoms with Crippen molar-refractivity contribution < 1.29 is 9.59 Å². The maximum absolute atomic E-state index is 12.4. The van der Waals surface area contributed by atoms with Crippen molar-refractivity contribution in [1.29, 1.82) is 0 Å². The number of hydrogen-bond donors (Lipinski definition) is 2. The summed E-state index contributed by atoms with van der Waals surface area (Å²) in [6, 6.07) is 7.72. The smallest absolute Gasteiger partial charge is 0.254 e. The molecule has 2 heterocycles. The molecule has 27 heavy (non-hydrogen) atoms. The van der Waals surface area contributed by atoms with E-state index in [1.165, 1.54) is 0 Å². The van der Waals surface area contributed by atoms with Crippen LogP contribution in [-0.2, 0) is 22.4 Å².